The van der Waals surface area contributed by atoms with Gasteiger partial charge < -0.3 is 16.3 Å². The zero-order valence-electron chi connectivity index (χ0n) is 11.1. The summed E-state index contributed by atoms with van der Waals surface area (Å²) in [6.07, 6.45) is 0.304. The molecular formula is C15H15BrFN3O. The molecule has 0 radical (unpaired) electrons. The van der Waals surface area contributed by atoms with E-state index in [1.165, 1.54) is 6.07 Å². The molecule has 2 aromatic carbocycles. The largest absolute Gasteiger partial charge is 0.409 e. The third-order valence-corrected chi connectivity index (χ3v) is 3.65. The van der Waals surface area contributed by atoms with E-state index >= 15 is 0 Å². The molecule has 0 saturated heterocycles. The number of nitrogens with zero attached hydrogens (tertiary/aromatic N) is 1. The van der Waals surface area contributed by atoms with Gasteiger partial charge in [0.15, 0.2) is 0 Å². The number of hydrogen-bond acceptors (Lipinski definition) is 3. The average Bonchev–Trinajstić information content (AvgIpc) is 2.51. The Kier molecular flexibility index (Phi) is 5.16. The van der Waals surface area contributed by atoms with Crippen LogP contribution < -0.4 is 11.1 Å². The van der Waals surface area contributed by atoms with Crippen molar-refractivity contribution in [2.75, 3.05) is 5.32 Å². The van der Waals surface area contributed by atoms with Gasteiger partial charge in [0.1, 0.15) is 11.7 Å². The number of nitrogens with two attached hydrogens (primary N) is 1. The highest BCUT2D eigenvalue weighted by atomic mass is 79.9. The Balaban J connectivity index is 2.25. The smallest absolute Gasteiger partial charge is 0.141 e. The first kappa shape index (κ1) is 15.3. The normalized spacial score (nSPS) is 13.0. The minimum atomic E-state index is -0.351. The second-order valence-electron chi connectivity index (χ2n) is 4.53. The molecule has 0 aliphatic carbocycles. The van der Waals surface area contributed by atoms with Crippen molar-refractivity contribution in [3.63, 3.8) is 0 Å². The highest BCUT2D eigenvalue weighted by Gasteiger charge is 2.14. The quantitative estimate of drug-likeness (QED) is 0.331. The monoisotopic (exact) mass is 351 g/mol. The van der Waals surface area contributed by atoms with E-state index in [1.807, 2.05) is 30.3 Å². The van der Waals surface area contributed by atoms with Crippen LogP contribution in [0, 0.1) is 5.82 Å². The lowest BCUT2D eigenvalue weighted by molar-refractivity contribution is 0.316. The number of amidine groups is 1. The van der Waals surface area contributed by atoms with Gasteiger partial charge in [-0.2, -0.15) is 0 Å². The van der Waals surface area contributed by atoms with Gasteiger partial charge >= 0.3 is 0 Å². The number of hydrogen-bond donors (Lipinski definition) is 3. The molecule has 0 aromatic heterocycles. The maximum Gasteiger partial charge on any atom is 0.141 e. The van der Waals surface area contributed by atoms with Gasteiger partial charge in [-0.15, -0.1) is 0 Å². The lowest BCUT2D eigenvalue weighted by Crippen LogP contribution is -2.21. The Morgan fingerprint density at radius 1 is 1.29 bits per heavy atom. The predicted molar refractivity (Wildman–Crippen MR) is 84.9 cm³/mol. The first-order chi connectivity index (χ1) is 10.1. The van der Waals surface area contributed by atoms with Crippen LogP contribution in [0.4, 0.5) is 10.1 Å². The molecule has 0 heterocycles. The van der Waals surface area contributed by atoms with Gasteiger partial charge in [-0.25, -0.2) is 4.39 Å². The summed E-state index contributed by atoms with van der Waals surface area (Å²) in [5, 5.41) is 14.9. The lowest BCUT2D eigenvalue weighted by Gasteiger charge is -2.20. The van der Waals surface area contributed by atoms with E-state index in [1.54, 1.807) is 12.1 Å². The van der Waals surface area contributed by atoms with Crippen LogP contribution >= 0.6 is 15.9 Å². The van der Waals surface area contributed by atoms with Crippen molar-refractivity contribution in [3.05, 3.63) is 64.4 Å². The molecule has 2 aromatic rings. The van der Waals surface area contributed by atoms with Gasteiger partial charge in [-0.1, -0.05) is 35.5 Å². The van der Waals surface area contributed by atoms with Crippen LogP contribution in [0.3, 0.4) is 0 Å². The number of rotatable bonds is 5. The number of benzene rings is 2. The van der Waals surface area contributed by atoms with Crippen LogP contribution in [0.1, 0.15) is 18.0 Å². The SMILES string of the molecule is NC(CC(Nc1ccc(Br)c(F)c1)c1ccccc1)=NO. The van der Waals surface area contributed by atoms with Crippen LogP contribution in [0.5, 0.6) is 0 Å². The third-order valence-electron chi connectivity index (χ3n) is 3.00. The number of anilines is 1. The Bertz CT molecular complexity index is 634. The minimum Gasteiger partial charge on any atom is -0.409 e. The van der Waals surface area contributed by atoms with Crippen molar-refractivity contribution in [2.24, 2.45) is 10.9 Å². The van der Waals surface area contributed by atoms with E-state index in [0.29, 0.717) is 16.6 Å². The van der Waals surface area contributed by atoms with Gasteiger partial charge in [0.25, 0.3) is 0 Å². The summed E-state index contributed by atoms with van der Waals surface area (Å²) in [5.74, 6) is -0.246. The molecule has 1 unspecified atom stereocenters. The third kappa shape index (κ3) is 4.19. The molecule has 0 aliphatic rings. The van der Waals surface area contributed by atoms with Gasteiger partial charge in [-0.05, 0) is 39.7 Å². The Hall–Kier alpha value is -2.08. The maximum atomic E-state index is 13.6. The predicted octanol–water partition coefficient (Wildman–Crippen LogP) is 3.88. The average molecular weight is 352 g/mol. The number of halogens is 2. The Morgan fingerprint density at radius 2 is 2.00 bits per heavy atom. The van der Waals surface area contributed by atoms with Crippen LogP contribution in [0.25, 0.3) is 0 Å². The molecule has 0 amide bonds. The summed E-state index contributed by atoms with van der Waals surface area (Å²) in [7, 11) is 0. The molecule has 0 spiro atoms. The van der Waals surface area contributed by atoms with Gasteiger partial charge in [0.2, 0.25) is 0 Å². The fourth-order valence-corrected chi connectivity index (χ4v) is 2.22. The molecular weight excluding hydrogens is 337 g/mol. The van der Waals surface area contributed by atoms with Gasteiger partial charge in [0.05, 0.1) is 10.5 Å². The second-order valence-corrected chi connectivity index (χ2v) is 5.39. The second kappa shape index (κ2) is 7.08. The lowest BCUT2D eigenvalue weighted by atomic mass is 10.0. The molecule has 6 heteroatoms. The van der Waals surface area contributed by atoms with Gasteiger partial charge in [-0.3, -0.25) is 0 Å². The van der Waals surface area contributed by atoms with E-state index in [-0.39, 0.29) is 17.7 Å². The van der Waals surface area contributed by atoms with Crippen LogP contribution in [0.15, 0.2) is 58.2 Å². The highest BCUT2D eigenvalue weighted by molar-refractivity contribution is 9.10. The Labute approximate surface area is 130 Å². The zero-order valence-corrected chi connectivity index (χ0v) is 12.7. The van der Waals surface area contributed by atoms with E-state index in [9.17, 15) is 4.39 Å². The summed E-state index contributed by atoms with van der Waals surface area (Å²) < 4.78 is 14.0. The Morgan fingerprint density at radius 3 is 2.62 bits per heavy atom. The summed E-state index contributed by atoms with van der Waals surface area (Å²) in [5.41, 5.74) is 7.18. The first-order valence-corrected chi connectivity index (χ1v) is 7.12. The minimum absolute atomic E-state index is 0.105. The number of oxime groups is 1. The van der Waals surface area contributed by atoms with Crippen LogP contribution in [0.2, 0.25) is 0 Å². The molecule has 0 saturated carbocycles. The van der Waals surface area contributed by atoms with E-state index < -0.39 is 0 Å². The van der Waals surface area contributed by atoms with Crippen molar-refractivity contribution in [1.29, 1.82) is 0 Å². The van der Waals surface area contributed by atoms with E-state index in [0.717, 1.165) is 5.56 Å². The van der Waals surface area contributed by atoms with Crippen molar-refractivity contribution in [3.8, 4) is 0 Å². The topological polar surface area (TPSA) is 70.6 Å². The molecule has 4 N–H and O–H groups in total. The first-order valence-electron chi connectivity index (χ1n) is 6.33. The van der Waals surface area contributed by atoms with Crippen molar-refractivity contribution in [1.82, 2.24) is 0 Å². The van der Waals surface area contributed by atoms with Crippen molar-refractivity contribution >= 4 is 27.5 Å². The number of nitrogens with one attached hydrogen (secondary N) is 1. The van der Waals surface area contributed by atoms with Crippen LogP contribution in [-0.4, -0.2) is 11.0 Å². The van der Waals surface area contributed by atoms with Crippen LogP contribution in [-0.2, 0) is 0 Å². The summed E-state index contributed by atoms with van der Waals surface area (Å²) >= 11 is 3.12. The molecule has 4 nitrogen and oxygen atoms in total. The fourth-order valence-electron chi connectivity index (χ4n) is 1.97. The summed E-state index contributed by atoms with van der Waals surface area (Å²) in [6.45, 7) is 0. The van der Waals surface area contributed by atoms with Crippen molar-refractivity contribution in [2.45, 2.75) is 12.5 Å². The maximum absolute atomic E-state index is 13.6. The zero-order chi connectivity index (χ0) is 15.2. The molecule has 0 aliphatic heterocycles. The molecule has 0 fully saturated rings. The fraction of sp³-hybridized carbons (Fsp3) is 0.133. The highest BCUT2D eigenvalue weighted by Crippen LogP contribution is 2.25. The summed E-state index contributed by atoms with van der Waals surface area (Å²) in [6, 6.07) is 14.1. The molecule has 1 atom stereocenters. The molecule has 110 valence electrons. The van der Waals surface area contributed by atoms with Crippen molar-refractivity contribution < 1.29 is 9.60 Å². The molecule has 2 rings (SSSR count). The summed E-state index contributed by atoms with van der Waals surface area (Å²) in [4.78, 5) is 0. The molecule has 21 heavy (non-hydrogen) atoms. The standard InChI is InChI=1S/C15H15BrFN3O/c16-12-7-6-11(8-13(12)17)19-14(9-15(18)20-21)10-4-2-1-3-5-10/h1-8,14,19,21H,9H2,(H2,18,20). The van der Waals surface area contributed by atoms with Gasteiger partial charge in [0, 0.05) is 12.1 Å². The van der Waals surface area contributed by atoms with E-state index in [4.69, 9.17) is 10.9 Å². The van der Waals surface area contributed by atoms with E-state index in [2.05, 4.69) is 26.4 Å². The molecule has 0 bridgehead atoms.